The van der Waals surface area contributed by atoms with Crippen LogP contribution in [0.2, 0.25) is 0 Å². The second-order valence-electron chi connectivity index (χ2n) is 11.7. The lowest BCUT2D eigenvalue weighted by Crippen LogP contribution is -2.44. The SMILES string of the molecule is CC(=O)OC1(C)C[C@H]2[C@@H]3OC4=C(C=C3CC[C@]2(C)[C@H]1c1ccc2cnccc2c1)C(=O)CC(C(N)=O)C4. The Bertz CT molecular complexity index is 1410. The Morgan fingerprint density at radius 3 is 2.73 bits per heavy atom. The number of nitrogens with two attached hydrogens (primary N) is 1. The summed E-state index contributed by atoms with van der Waals surface area (Å²) in [4.78, 5) is 41.3. The van der Waals surface area contributed by atoms with Gasteiger partial charge < -0.3 is 15.2 Å². The molecule has 2 unspecified atom stereocenters. The van der Waals surface area contributed by atoms with Crippen LogP contribution in [0.15, 0.2) is 59.6 Å². The summed E-state index contributed by atoms with van der Waals surface area (Å²) >= 11 is 0. The number of primary amides is 1. The Hall–Kier alpha value is -3.48. The molecule has 4 aliphatic rings. The quantitative estimate of drug-likeness (QED) is 0.622. The lowest BCUT2D eigenvalue weighted by molar-refractivity contribution is -0.157. The number of allylic oxidation sites excluding steroid dienone is 3. The first-order chi connectivity index (χ1) is 17.6. The summed E-state index contributed by atoms with van der Waals surface area (Å²) < 4.78 is 12.7. The third-order valence-electron chi connectivity index (χ3n) is 9.27. The highest BCUT2D eigenvalue weighted by Crippen LogP contribution is 2.66. The van der Waals surface area contributed by atoms with Crippen LogP contribution >= 0.6 is 0 Å². The fraction of sp³-hybridized carbons (Fsp3) is 0.467. The maximum absolute atomic E-state index is 12.8. The number of hydrogen-bond donors (Lipinski definition) is 1. The molecule has 6 atom stereocenters. The molecule has 0 saturated heterocycles. The van der Waals surface area contributed by atoms with Crippen LogP contribution in [0, 0.1) is 17.3 Å². The Labute approximate surface area is 216 Å². The van der Waals surface area contributed by atoms with Crippen LogP contribution in [0.3, 0.4) is 0 Å². The second kappa shape index (κ2) is 8.27. The summed E-state index contributed by atoms with van der Waals surface area (Å²) in [5, 5.41) is 2.16. The van der Waals surface area contributed by atoms with E-state index in [0.29, 0.717) is 24.2 Å². The fourth-order valence-corrected chi connectivity index (χ4v) is 7.76. The third-order valence-corrected chi connectivity index (χ3v) is 9.27. The zero-order valence-electron chi connectivity index (χ0n) is 21.5. The molecule has 1 aliphatic heterocycles. The Morgan fingerprint density at radius 1 is 1.16 bits per heavy atom. The van der Waals surface area contributed by atoms with Crippen LogP contribution in [0.4, 0.5) is 0 Å². The molecular formula is C30H32N2O5. The Balaban J connectivity index is 1.41. The van der Waals surface area contributed by atoms with Gasteiger partial charge >= 0.3 is 5.97 Å². The number of aromatic nitrogens is 1. The van der Waals surface area contributed by atoms with E-state index in [1.807, 2.05) is 25.3 Å². The summed E-state index contributed by atoms with van der Waals surface area (Å²) in [6, 6.07) is 8.42. The van der Waals surface area contributed by atoms with Crippen LogP contribution in [-0.4, -0.2) is 34.3 Å². The number of pyridine rings is 1. The number of fused-ring (bicyclic) bond motifs is 4. The van der Waals surface area contributed by atoms with Crippen molar-refractivity contribution < 1.29 is 23.9 Å². The van der Waals surface area contributed by atoms with Crippen molar-refractivity contribution >= 4 is 28.4 Å². The minimum Gasteiger partial charge on any atom is -0.489 e. The lowest BCUT2D eigenvalue weighted by atomic mass is 9.60. The molecule has 0 spiro atoms. The van der Waals surface area contributed by atoms with Gasteiger partial charge in [0.2, 0.25) is 5.91 Å². The van der Waals surface area contributed by atoms with Gasteiger partial charge in [0, 0.05) is 49.4 Å². The van der Waals surface area contributed by atoms with E-state index < -0.39 is 17.4 Å². The third kappa shape index (κ3) is 3.70. The first-order valence-electron chi connectivity index (χ1n) is 13.0. The van der Waals surface area contributed by atoms with E-state index in [1.54, 1.807) is 6.20 Å². The van der Waals surface area contributed by atoms with Crippen molar-refractivity contribution in [3.05, 3.63) is 65.2 Å². The second-order valence-corrected chi connectivity index (χ2v) is 11.7. The van der Waals surface area contributed by atoms with E-state index >= 15 is 0 Å². The summed E-state index contributed by atoms with van der Waals surface area (Å²) in [7, 11) is 0. The summed E-state index contributed by atoms with van der Waals surface area (Å²) in [5.74, 6) is -0.788. The number of rotatable bonds is 3. The summed E-state index contributed by atoms with van der Waals surface area (Å²) in [6.07, 6.45) is 8.22. The van der Waals surface area contributed by atoms with Crippen molar-refractivity contribution in [3.63, 3.8) is 0 Å². The maximum atomic E-state index is 12.8. The molecule has 2 heterocycles. The number of carbonyl (C=O) groups excluding carboxylic acids is 3. The molecule has 1 amide bonds. The molecule has 2 N–H and O–H groups in total. The van der Waals surface area contributed by atoms with Gasteiger partial charge in [0.1, 0.15) is 17.5 Å². The van der Waals surface area contributed by atoms with Gasteiger partial charge in [-0.25, -0.2) is 0 Å². The van der Waals surface area contributed by atoms with Gasteiger partial charge in [0.25, 0.3) is 0 Å². The number of nitrogens with zero attached hydrogens (tertiary/aromatic N) is 1. The number of carbonyl (C=O) groups is 3. The van der Waals surface area contributed by atoms with Crippen LogP contribution in [0.25, 0.3) is 10.8 Å². The van der Waals surface area contributed by atoms with Crippen molar-refractivity contribution in [2.75, 3.05) is 0 Å². The number of amides is 1. The summed E-state index contributed by atoms with van der Waals surface area (Å²) in [6.45, 7) is 5.80. The van der Waals surface area contributed by atoms with Crippen LogP contribution in [-0.2, 0) is 23.9 Å². The molecular weight excluding hydrogens is 468 g/mol. The van der Waals surface area contributed by atoms with E-state index in [-0.39, 0.29) is 41.5 Å². The zero-order chi connectivity index (χ0) is 26.1. The minimum atomic E-state index is -0.725. The first-order valence-corrected chi connectivity index (χ1v) is 13.0. The van der Waals surface area contributed by atoms with Crippen molar-refractivity contribution in [1.29, 1.82) is 0 Å². The van der Waals surface area contributed by atoms with Gasteiger partial charge in [-0.05, 0) is 60.3 Å². The normalized spacial score (nSPS) is 34.7. The highest BCUT2D eigenvalue weighted by molar-refractivity contribution is 6.02. The number of benzene rings is 1. The van der Waals surface area contributed by atoms with Gasteiger partial charge in [-0.15, -0.1) is 0 Å². The molecule has 2 saturated carbocycles. The molecule has 6 rings (SSSR count). The molecule has 3 aliphatic carbocycles. The Kier molecular flexibility index (Phi) is 5.34. The molecule has 0 radical (unpaired) electrons. The standard InChI is InChI=1S/C30H32N2O5/c1-16(33)37-30(3)14-23-26-18(11-22-24(34)12-21(28(31)35)13-25(22)36-26)6-8-29(23,2)27(30)19-4-5-20-15-32-9-7-17(20)10-19/h4-5,7,9-11,15,21,23,26-27H,6,8,12-14H2,1-3H3,(H2,31,35)/t21?,23-,26+,27+,29-,30?/m0/s1. The van der Waals surface area contributed by atoms with Gasteiger partial charge in [-0.2, -0.15) is 0 Å². The zero-order valence-corrected chi connectivity index (χ0v) is 21.5. The van der Waals surface area contributed by atoms with Crippen molar-refractivity contribution in [1.82, 2.24) is 4.98 Å². The first kappa shape index (κ1) is 23.9. The van der Waals surface area contributed by atoms with E-state index in [0.717, 1.165) is 34.8 Å². The molecule has 7 nitrogen and oxygen atoms in total. The molecule has 37 heavy (non-hydrogen) atoms. The van der Waals surface area contributed by atoms with Gasteiger partial charge in [-0.1, -0.05) is 25.1 Å². The number of ketones is 1. The van der Waals surface area contributed by atoms with Crippen LogP contribution in [0.5, 0.6) is 0 Å². The van der Waals surface area contributed by atoms with E-state index in [9.17, 15) is 14.4 Å². The van der Waals surface area contributed by atoms with Gasteiger partial charge in [0.05, 0.1) is 11.5 Å². The number of ether oxygens (including phenoxy) is 2. The van der Waals surface area contributed by atoms with Crippen LogP contribution < -0.4 is 5.73 Å². The highest BCUT2D eigenvalue weighted by Gasteiger charge is 2.64. The number of hydrogen-bond acceptors (Lipinski definition) is 6. The molecule has 2 fully saturated rings. The van der Waals surface area contributed by atoms with Gasteiger partial charge in [0.15, 0.2) is 5.78 Å². The van der Waals surface area contributed by atoms with Crippen LogP contribution in [0.1, 0.15) is 64.4 Å². The smallest absolute Gasteiger partial charge is 0.303 e. The lowest BCUT2D eigenvalue weighted by Gasteiger charge is -2.48. The highest BCUT2D eigenvalue weighted by atomic mass is 16.6. The summed E-state index contributed by atoms with van der Waals surface area (Å²) in [5.41, 5.74) is 7.46. The van der Waals surface area contributed by atoms with Crippen molar-refractivity contribution in [2.24, 2.45) is 23.0 Å². The molecule has 2 aromatic rings. The van der Waals surface area contributed by atoms with Crippen molar-refractivity contribution in [3.8, 4) is 0 Å². The topological polar surface area (TPSA) is 109 Å². The van der Waals surface area contributed by atoms with E-state index in [2.05, 4.69) is 30.1 Å². The van der Waals surface area contributed by atoms with Crippen molar-refractivity contribution in [2.45, 2.75) is 70.5 Å². The average Bonchev–Trinajstić information content (AvgIpc) is 3.08. The molecule has 1 aromatic heterocycles. The van der Waals surface area contributed by atoms with E-state index in [4.69, 9.17) is 15.2 Å². The molecule has 192 valence electrons. The number of Topliss-reactive ketones (excluding diaryl/α,β-unsaturated/α-hetero) is 1. The monoisotopic (exact) mass is 500 g/mol. The van der Waals surface area contributed by atoms with E-state index in [1.165, 1.54) is 6.92 Å². The van der Waals surface area contributed by atoms with Gasteiger partial charge in [-0.3, -0.25) is 19.4 Å². The fourth-order valence-electron chi connectivity index (χ4n) is 7.76. The minimum absolute atomic E-state index is 0.0432. The molecule has 7 heteroatoms. The Morgan fingerprint density at radius 2 is 1.97 bits per heavy atom. The molecule has 0 bridgehead atoms. The predicted octanol–water partition coefficient (Wildman–Crippen LogP) is 4.50. The number of esters is 1. The maximum Gasteiger partial charge on any atom is 0.303 e. The predicted molar refractivity (Wildman–Crippen MR) is 137 cm³/mol. The largest absolute Gasteiger partial charge is 0.489 e. The molecule has 1 aromatic carbocycles. The average molecular weight is 501 g/mol.